The van der Waals surface area contributed by atoms with Gasteiger partial charge in [0.15, 0.2) is 0 Å². The first-order chi connectivity index (χ1) is 9.29. The molecule has 4 nitrogen and oxygen atoms in total. The van der Waals surface area contributed by atoms with Crippen molar-refractivity contribution in [1.29, 1.82) is 0 Å². The van der Waals surface area contributed by atoms with Gasteiger partial charge < -0.3 is 10.6 Å². The smallest absolute Gasteiger partial charge is 0.128 e. The zero-order chi connectivity index (χ0) is 13.5. The van der Waals surface area contributed by atoms with Gasteiger partial charge >= 0.3 is 0 Å². The van der Waals surface area contributed by atoms with Crippen LogP contribution in [0.4, 0.5) is 11.5 Å². The summed E-state index contributed by atoms with van der Waals surface area (Å²) in [6.07, 6.45) is 7.14. The molecule has 0 saturated carbocycles. The normalized spacial score (nSPS) is 16.8. The lowest BCUT2D eigenvalue weighted by atomic mass is 10.2. The van der Waals surface area contributed by atoms with Crippen molar-refractivity contribution >= 4 is 11.5 Å². The second-order valence-corrected chi connectivity index (χ2v) is 5.34. The van der Waals surface area contributed by atoms with E-state index < -0.39 is 0 Å². The number of piperazine rings is 1. The van der Waals surface area contributed by atoms with Crippen molar-refractivity contribution in [2.45, 2.75) is 32.6 Å². The second-order valence-electron chi connectivity index (χ2n) is 5.34. The van der Waals surface area contributed by atoms with Crippen molar-refractivity contribution in [2.75, 3.05) is 43.4 Å². The van der Waals surface area contributed by atoms with E-state index in [-0.39, 0.29) is 0 Å². The summed E-state index contributed by atoms with van der Waals surface area (Å²) in [6, 6.07) is 3.95. The van der Waals surface area contributed by atoms with Crippen LogP contribution in [0.3, 0.4) is 0 Å². The van der Waals surface area contributed by atoms with Gasteiger partial charge in [-0.1, -0.05) is 26.2 Å². The number of nitrogens with two attached hydrogens (primary N) is 1. The van der Waals surface area contributed by atoms with E-state index in [9.17, 15) is 0 Å². The van der Waals surface area contributed by atoms with Crippen LogP contribution in [0, 0.1) is 0 Å². The van der Waals surface area contributed by atoms with Crippen LogP contribution in [0.15, 0.2) is 18.3 Å². The number of hydrogen-bond donors (Lipinski definition) is 1. The number of pyridine rings is 1. The van der Waals surface area contributed by atoms with E-state index in [0.717, 1.165) is 37.7 Å². The molecule has 1 aliphatic rings. The molecule has 0 aliphatic carbocycles. The van der Waals surface area contributed by atoms with E-state index in [2.05, 4.69) is 21.7 Å². The monoisotopic (exact) mass is 262 g/mol. The fourth-order valence-corrected chi connectivity index (χ4v) is 2.55. The molecule has 2 N–H and O–H groups in total. The highest BCUT2D eigenvalue weighted by Gasteiger charge is 2.17. The summed E-state index contributed by atoms with van der Waals surface area (Å²) in [4.78, 5) is 9.32. The summed E-state index contributed by atoms with van der Waals surface area (Å²) in [5.41, 5.74) is 6.40. The zero-order valence-electron chi connectivity index (χ0n) is 12.0. The number of nitrogen functional groups attached to an aromatic ring is 1. The Labute approximate surface area is 116 Å². The van der Waals surface area contributed by atoms with E-state index in [1.54, 1.807) is 6.20 Å². The standard InChI is InChI=1S/C15H26N4/c1-2-3-4-5-8-18-9-11-19(12-10-18)15-7-6-14(16)13-17-15/h6-7,13H,2-5,8-12,16H2,1H3. The van der Waals surface area contributed by atoms with Gasteiger partial charge in [0.2, 0.25) is 0 Å². The first-order valence-corrected chi connectivity index (χ1v) is 7.48. The third-order valence-corrected chi connectivity index (χ3v) is 3.79. The molecule has 1 aliphatic heterocycles. The molecular formula is C15H26N4. The van der Waals surface area contributed by atoms with Crippen LogP contribution in [0.2, 0.25) is 0 Å². The van der Waals surface area contributed by atoms with Crippen LogP contribution in [-0.4, -0.2) is 42.6 Å². The van der Waals surface area contributed by atoms with Crippen LogP contribution >= 0.6 is 0 Å². The second kappa shape index (κ2) is 7.34. The molecule has 0 radical (unpaired) electrons. The number of rotatable bonds is 6. The van der Waals surface area contributed by atoms with Crippen molar-refractivity contribution in [3.8, 4) is 0 Å². The van der Waals surface area contributed by atoms with E-state index in [4.69, 9.17) is 5.73 Å². The zero-order valence-corrected chi connectivity index (χ0v) is 12.0. The quantitative estimate of drug-likeness (QED) is 0.799. The Balaban J connectivity index is 1.71. The van der Waals surface area contributed by atoms with Gasteiger partial charge in [0.1, 0.15) is 5.82 Å². The third kappa shape index (κ3) is 4.39. The van der Waals surface area contributed by atoms with Gasteiger partial charge in [0, 0.05) is 26.2 Å². The molecule has 106 valence electrons. The molecule has 4 heteroatoms. The highest BCUT2D eigenvalue weighted by atomic mass is 15.3. The molecule has 2 heterocycles. The topological polar surface area (TPSA) is 45.4 Å². The Morgan fingerprint density at radius 2 is 1.89 bits per heavy atom. The molecule has 0 amide bonds. The molecule has 2 rings (SSSR count). The van der Waals surface area contributed by atoms with Gasteiger partial charge in [-0.15, -0.1) is 0 Å². The van der Waals surface area contributed by atoms with Crippen molar-refractivity contribution in [3.63, 3.8) is 0 Å². The van der Waals surface area contributed by atoms with E-state index in [1.807, 2.05) is 12.1 Å². The number of anilines is 2. The van der Waals surface area contributed by atoms with Gasteiger partial charge in [-0.3, -0.25) is 4.90 Å². The van der Waals surface area contributed by atoms with Crippen LogP contribution in [-0.2, 0) is 0 Å². The molecule has 0 aromatic carbocycles. The van der Waals surface area contributed by atoms with Crippen molar-refractivity contribution in [2.24, 2.45) is 0 Å². The Hall–Kier alpha value is -1.29. The highest BCUT2D eigenvalue weighted by Crippen LogP contribution is 2.15. The third-order valence-electron chi connectivity index (χ3n) is 3.79. The summed E-state index contributed by atoms with van der Waals surface area (Å²) in [5, 5.41) is 0. The fourth-order valence-electron chi connectivity index (χ4n) is 2.55. The summed E-state index contributed by atoms with van der Waals surface area (Å²) in [6.45, 7) is 7.97. The Morgan fingerprint density at radius 1 is 1.11 bits per heavy atom. The number of aromatic nitrogens is 1. The maximum atomic E-state index is 5.67. The lowest BCUT2D eigenvalue weighted by molar-refractivity contribution is 0.251. The minimum absolute atomic E-state index is 0.735. The minimum atomic E-state index is 0.735. The van der Waals surface area contributed by atoms with E-state index in [0.29, 0.717) is 0 Å². The van der Waals surface area contributed by atoms with Gasteiger partial charge in [0.05, 0.1) is 11.9 Å². The molecule has 0 unspecified atom stereocenters. The molecule has 0 spiro atoms. The fraction of sp³-hybridized carbons (Fsp3) is 0.667. The molecule has 0 bridgehead atoms. The summed E-state index contributed by atoms with van der Waals surface area (Å²) >= 11 is 0. The van der Waals surface area contributed by atoms with Crippen LogP contribution < -0.4 is 10.6 Å². The lowest BCUT2D eigenvalue weighted by Crippen LogP contribution is -2.46. The van der Waals surface area contributed by atoms with Gasteiger partial charge in [-0.25, -0.2) is 4.98 Å². The predicted molar refractivity (Wildman–Crippen MR) is 81.4 cm³/mol. The van der Waals surface area contributed by atoms with Crippen molar-refractivity contribution in [1.82, 2.24) is 9.88 Å². The SMILES string of the molecule is CCCCCCN1CCN(c2ccc(N)cn2)CC1. The molecule has 1 aromatic heterocycles. The Bertz CT molecular complexity index is 355. The van der Waals surface area contributed by atoms with E-state index in [1.165, 1.54) is 32.2 Å². The lowest BCUT2D eigenvalue weighted by Gasteiger charge is -2.35. The molecule has 1 saturated heterocycles. The molecule has 0 atom stereocenters. The largest absolute Gasteiger partial charge is 0.397 e. The Kier molecular flexibility index (Phi) is 5.45. The molecule has 1 fully saturated rings. The average molecular weight is 262 g/mol. The number of nitrogens with zero attached hydrogens (tertiary/aromatic N) is 3. The summed E-state index contributed by atoms with van der Waals surface area (Å²) < 4.78 is 0. The Morgan fingerprint density at radius 3 is 2.53 bits per heavy atom. The van der Waals surface area contributed by atoms with Crippen LogP contribution in [0.5, 0.6) is 0 Å². The summed E-state index contributed by atoms with van der Waals surface area (Å²) in [7, 11) is 0. The van der Waals surface area contributed by atoms with Gasteiger partial charge in [0.25, 0.3) is 0 Å². The number of hydrogen-bond acceptors (Lipinski definition) is 4. The summed E-state index contributed by atoms with van der Waals surface area (Å²) in [5.74, 6) is 1.06. The van der Waals surface area contributed by atoms with Crippen molar-refractivity contribution < 1.29 is 0 Å². The number of unbranched alkanes of at least 4 members (excludes halogenated alkanes) is 3. The van der Waals surface area contributed by atoms with Crippen LogP contribution in [0.1, 0.15) is 32.6 Å². The van der Waals surface area contributed by atoms with Gasteiger partial charge in [-0.05, 0) is 25.1 Å². The predicted octanol–water partition coefficient (Wildman–Crippen LogP) is 2.37. The first kappa shape index (κ1) is 14.1. The van der Waals surface area contributed by atoms with Gasteiger partial charge in [-0.2, -0.15) is 0 Å². The van der Waals surface area contributed by atoms with E-state index >= 15 is 0 Å². The van der Waals surface area contributed by atoms with Crippen LogP contribution in [0.25, 0.3) is 0 Å². The average Bonchev–Trinajstić information content (AvgIpc) is 2.45. The molecule has 1 aromatic rings. The minimum Gasteiger partial charge on any atom is -0.397 e. The first-order valence-electron chi connectivity index (χ1n) is 7.48. The maximum Gasteiger partial charge on any atom is 0.128 e. The molecule has 19 heavy (non-hydrogen) atoms. The molecular weight excluding hydrogens is 236 g/mol. The highest BCUT2D eigenvalue weighted by molar-refractivity contribution is 5.46. The van der Waals surface area contributed by atoms with Crippen molar-refractivity contribution in [3.05, 3.63) is 18.3 Å². The maximum absolute atomic E-state index is 5.67.